The molecule has 3 aliphatic rings. The number of para-hydroxylation sites is 2. The number of aromatic nitrogens is 6. The lowest BCUT2D eigenvalue weighted by atomic mass is 10.1. The number of nitrogens with zero attached hydrogens (tertiary/aromatic N) is 8. The smallest absolute Gasteiger partial charge is 0.302 e. The van der Waals surface area contributed by atoms with Gasteiger partial charge in [-0.05, 0) is 12.1 Å². The molecule has 6 heterocycles. The summed E-state index contributed by atoms with van der Waals surface area (Å²) in [5.74, 6) is -2.05. The number of hydrogen-bond acceptors (Lipinski definition) is 9. The van der Waals surface area contributed by atoms with Crippen LogP contribution in [0, 0.1) is 0 Å². The molecule has 3 fully saturated rings. The molecule has 0 spiro atoms. The maximum absolute atomic E-state index is 14.8. The van der Waals surface area contributed by atoms with Gasteiger partial charge in [0.05, 0.1) is 44.0 Å². The van der Waals surface area contributed by atoms with Gasteiger partial charge in [-0.15, -0.1) is 0 Å². The van der Waals surface area contributed by atoms with Crippen molar-refractivity contribution in [2.45, 2.75) is 25.4 Å². The van der Waals surface area contributed by atoms with Crippen LogP contribution in [-0.2, 0) is 21.9 Å². The van der Waals surface area contributed by atoms with E-state index in [1.807, 2.05) is 0 Å². The molecule has 206 valence electrons. The topological polar surface area (TPSA) is 100 Å². The van der Waals surface area contributed by atoms with Gasteiger partial charge in [0.1, 0.15) is 11.3 Å². The first kappa shape index (κ1) is 24.8. The normalized spacial score (nSPS) is 20.2. The van der Waals surface area contributed by atoms with Crippen LogP contribution in [0.15, 0.2) is 24.3 Å². The van der Waals surface area contributed by atoms with E-state index in [0.29, 0.717) is 66.9 Å². The van der Waals surface area contributed by atoms with Gasteiger partial charge >= 0.3 is 5.92 Å². The Morgan fingerprint density at radius 2 is 1.67 bits per heavy atom. The molecule has 3 aliphatic heterocycles. The Hall–Kier alpha value is -3.26. The van der Waals surface area contributed by atoms with Gasteiger partial charge in [-0.2, -0.15) is 18.7 Å². The van der Waals surface area contributed by atoms with Crippen molar-refractivity contribution in [3.63, 3.8) is 0 Å². The number of ether oxygens (including phenoxy) is 2. The van der Waals surface area contributed by atoms with Crippen LogP contribution in [0.3, 0.4) is 0 Å². The van der Waals surface area contributed by atoms with Gasteiger partial charge in [0.2, 0.25) is 5.95 Å². The van der Waals surface area contributed by atoms with Gasteiger partial charge in [0.15, 0.2) is 17.3 Å². The third kappa shape index (κ3) is 4.62. The predicted molar refractivity (Wildman–Crippen MR) is 140 cm³/mol. The first-order valence-electron chi connectivity index (χ1n) is 13.4. The predicted octanol–water partition coefficient (Wildman–Crippen LogP) is 2.16. The standard InChI is InChI=1S/C26H31F2N9O2/c1-26(27,28)24-29-18-4-2-3-5-19(18)37(24)25-32-22-21(23(33-25)36-8-12-39-13-9-36)30-20(31-22)16-34-14-17(15-34)35-6-10-38-11-7-35/h2-5,17H,6-16H2,1H3,(H,30,31,32,33). The van der Waals surface area contributed by atoms with Gasteiger partial charge in [-0.3, -0.25) is 14.4 Å². The van der Waals surface area contributed by atoms with Crippen LogP contribution in [0.1, 0.15) is 18.6 Å². The first-order chi connectivity index (χ1) is 18.9. The number of aromatic amines is 1. The Morgan fingerprint density at radius 1 is 0.949 bits per heavy atom. The highest BCUT2D eigenvalue weighted by Gasteiger charge is 2.35. The molecule has 39 heavy (non-hydrogen) atoms. The molecule has 7 rings (SSSR count). The number of imidazole rings is 2. The Bertz CT molecular complexity index is 1480. The van der Waals surface area contributed by atoms with E-state index in [0.717, 1.165) is 52.1 Å². The summed E-state index contributed by atoms with van der Waals surface area (Å²) in [6, 6.07) is 7.58. The van der Waals surface area contributed by atoms with Crippen molar-refractivity contribution in [3.05, 3.63) is 35.9 Å². The van der Waals surface area contributed by atoms with Crippen LogP contribution in [0.5, 0.6) is 0 Å². The molecule has 11 nitrogen and oxygen atoms in total. The minimum atomic E-state index is -3.19. The molecule has 1 N–H and O–H groups in total. The summed E-state index contributed by atoms with van der Waals surface area (Å²) in [4.78, 5) is 29.0. The highest BCUT2D eigenvalue weighted by atomic mass is 19.3. The highest BCUT2D eigenvalue weighted by Crippen LogP contribution is 2.33. The number of H-pyrrole nitrogens is 1. The first-order valence-corrected chi connectivity index (χ1v) is 13.4. The van der Waals surface area contributed by atoms with E-state index >= 15 is 0 Å². The number of likely N-dealkylation sites (tertiary alicyclic amines) is 1. The average Bonchev–Trinajstić information content (AvgIpc) is 3.52. The molecule has 0 aliphatic carbocycles. The lowest BCUT2D eigenvalue weighted by Gasteiger charge is -2.46. The van der Waals surface area contributed by atoms with Crippen LogP contribution in [0.2, 0.25) is 0 Å². The van der Waals surface area contributed by atoms with E-state index < -0.39 is 11.7 Å². The van der Waals surface area contributed by atoms with Gasteiger partial charge in [0.25, 0.3) is 0 Å². The number of fused-ring (bicyclic) bond motifs is 2. The molecular weight excluding hydrogens is 508 g/mol. The Morgan fingerprint density at radius 3 is 2.41 bits per heavy atom. The second kappa shape index (κ2) is 9.73. The summed E-state index contributed by atoms with van der Waals surface area (Å²) in [6.07, 6.45) is 0. The molecule has 0 bridgehead atoms. The summed E-state index contributed by atoms with van der Waals surface area (Å²) in [5, 5.41) is 0. The Kier molecular flexibility index (Phi) is 6.18. The van der Waals surface area contributed by atoms with Gasteiger partial charge in [0, 0.05) is 52.2 Å². The summed E-state index contributed by atoms with van der Waals surface area (Å²) in [5.41, 5.74) is 2.13. The summed E-state index contributed by atoms with van der Waals surface area (Å²) < 4.78 is 41.9. The molecule has 0 unspecified atom stereocenters. The van der Waals surface area contributed by atoms with Crippen molar-refractivity contribution in [2.75, 3.05) is 70.6 Å². The van der Waals surface area contributed by atoms with Crippen molar-refractivity contribution in [1.82, 2.24) is 39.3 Å². The van der Waals surface area contributed by atoms with E-state index in [2.05, 4.69) is 24.7 Å². The molecule has 0 saturated carbocycles. The molecular formula is C26H31F2N9O2. The number of anilines is 1. The zero-order chi connectivity index (χ0) is 26.6. The van der Waals surface area contributed by atoms with Crippen LogP contribution in [0.25, 0.3) is 28.1 Å². The number of alkyl halides is 2. The second-order valence-corrected chi connectivity index (χ2v) is 10.5. The lowest BCUT2D eigenvalue weighted by molar-refractivity contribution is -0.0349. The van der Waals surface area contributed by atoms with Gasteiger partial charge in [-0.1, -0.05) is 12.1 Å². The Labute approximate surface area is 223 Å². The molecule has 4 aromatic rings. The number of hydrogen-bond donors (Lipinski definition) is 1. The largest absolute Gasteiger partial charge is 0.379 e. The minimum Gasteiger partial charge on any atom is -0.379 e. The van der Waals surface area contributed by atoms with E-state index in [9.17, 15) is 8.78 Å². The van der Waals surface area contributed by atoms with E-state index in [1.54, 1.807) is 24.3 Å². The third-order valence-electron chi connectivity index (χ3n) is 7.71. The van der Waals surface area contributed by atoms with Gasteiger partial charge in [-0.25, -0.2) is 9.97 Å². The highest BCUT2D eigenvalue weighted by molar-refractivity contribution is 5.85. The monoisotopic (exact) mass is 539 g/mol. The zero-order valence-corrected chi connectivity index (χ0v) is 21.8. The second-order valence-electron chi connectivity index (χ2n) is 10.5. The number of halogens is 2. The van der Waals surface area contributed by atoms with Crippen LogP contribution < -0.4 is 4.90 Å². The summed E-state index contributed by atoms with van der Waals surface area (Å²) in [7, 11) is 0. The molecule has 3 saturated heterocycles. The van der Waals surface area contributed by atoms with E-state index in [4.69, 9.17) is 24.4 Å². The fraction of sp³-hybridized carbons (Fsp3) is 0.538. The number of morpholine rings is 2. The number of benzene rings is 1. The SMILES string of the molecule is CC(F)(F)c1nc2ccccc2n1-c1nc(N2CCOCC2)c2[nH]c(CN3CC(N4CCOCC4)C3)nc2n1. The van der Waals surface area contributed by atoms with Crippen molar-refractivity contribution >= 4 is 28.0 Å². The molecule has 1 aromatic carbocycles. The van der Waals surface area contributed by atoms with E-state index in [1.165, 1.54) is 4.57 Å². The van der Waals surface area contributed by atoms with Crippen LogP contribution in [0.4, 0.5) is 14.6 Å². The van der Waals surface area contributed by atoms with Crippen molar-refractivity contribution in [2.24, 2.45) is 0 Å². The van der Waals surface area contributed by atoms with E-state index in [-0.39, 0.29) is 5.95 Å². The quantitative estimate of drug-likeness (QED) is 0.395. The van der Waals surface area contributed by atoms with Gasteiger partial charge < -0.3 is 19.4 Å². The molecule has 3 aromatic heterocycles. The average molecular weight is 540 g/mol. The summed E-state index contributed by atoms with van der Waals surface area (Å²) in [6.45, 7) is 9.38. The van der Waals surface area contributed by atoms with Crippen molar-refractivity contribution in [3.8, 4) is 5.95 Å². The van der Waals surface area contributed by atoms with Crippen molar-refractivity contribution in [1.29, 1.82) is 0 Å². The molecule has 0 amide bonds. The minimum absolute atomic E-state index is 0.128. The fourth-order valence-corrected chi connectivity index (χ4v) is 5.68. The lowest BCUT2D eigenvalue weighted by Crippen LogP contribution is -2.60. The fourth-order valence-electron chi connectivity index (χ4n) is 5.68. The van der Waals surface area contributed by atoms with Crippen molar-refractivity contribution < 1.29 is 18.3 Å². The Balaban J connectivity index is 1.26. The van der Waals surface area contributed by atoms with Crippen LogP contribution >= 0.6 is 0 Å². The molecule has 0 atom stereocenters. The number of nitrogens with one attached hydrogen (secondary N) is 1. The number of rotatable bonds is 6. The zero-order valence-electron chi connectivity index (χ0n) is 21.8. The molecule has 13 heteroatoms. The summed E-state index contributed by atoms with van der Waals surface area (Å²) >= 11 is 0. The maximum Gasteiger partial charge on any atom is 0.302 e. The molecule has 0 radical (unpaired) electrons. The third-order valence-corrected chi connectivity index (χ3v) is 7.71. The maximum atomic E-state index is 14.8. The van der Waals surface area contributed by atoms with Crippen LogP contribution in [-0.4, -0.2) is 111 Å².